The maximum Gasteiger partial charge on any atom is 0.315 e. The SMILES string of the molecule is Cc1cc(C#CCC(=O)O)c(F)cc1Cl. The standard InChI is InChI=1S/C11H8ClFO2/c1-7-5-8(3-2-4-11(14)15)10(13)6-9(7)12/h5-6H,4H2,1H3,(H,14,15). The van der Waals surface area contributed by atoms with Crippen LogP contribution in [0.5, 0.6) is 0 Å². The first-order valence-electron chi connectivity index (χ1n) is 4.17. The number of hydrogen-bond donors (Lipinski definition) is 1. The number of carboxylic acid groups (broad SMARTS) is 1. The first-order chi connectivity index (χ1) is 7.00. The predicted octanol–water partition coefficient (Wildman–Crippen LogP) is 2.61. The molecule has 0 heterocycles. The normalized spacial score (nSPS) is 9.27. The van der Waals surface area contributed by atoms with Crippen molar-refractivity contribution in [2.75, 3.05) is 0 Å². The van der Waals surface area contributed by atoms with Gasteiger partial charge in [-0.05, 0) is 24.6 Å². The minimum Gasteiger partial charge on any atom is -0.481 e. The van der Waals surface area contributed by atoms with Gasteiger partial charge in [0.05, 0.1) is 5.56 Å². The molecule has 0 unspecified atom stereocenters. The fraction of sp³-hybridized carbons (Fsp3) is 0.182. The zero-order valence-electron chi connectivity index (χ0n) is 7.97. The summed E-state index contributed by atoms with van der Waals surface area (Å²) in [6.07, 6.45) is -0.304. The van der Waals surface area contributed by atoms with Crippen LogP contribution in [0.3, 0.4) is 0 Å². The molecule has 1 rings (SSSR count). The molecule has 0 aliphatic carbocycles. The molecule has 0 radical (unpaired) electrons. The molecule has 0 saturated carbocycles. The minimum atomic E-state index is -1.03. The van der Waals surface area contributed by atoms with Crippen LogP contribution in [0.1, 0.15) is 17.5 Å². The number of halogens is 2. The van der Waals surface area contributed by atoms with Gasteiger partial charge in [-0.1, -0.05) is 23.4 Å². The molecule has 1 aromatic carbocycles. The van der Waals surface area contributed by atoms with Crippen LogP contribution < -0.4 is 0 Å². The molecular weight excluding hydrogens is 219 g/mol. The maximum absolute atomic E-state index is 13.2. The molecule has 2 nitrogen and oxygen atoms in total. The molecule has 1 aromatic rings. The molecule has 0 aliphatic rings. The minimum absolute atomic E-state index is 0.165. The van der Waals surface area contributed by atoms with Gasteiger partial charge in [-0.25, -0.2) is 4.39 Å². The average molecular weight is 227 g/mol. The molecule has 4 heteroatoms. The molecule has 0 atom stereocenters. The lowest BCUT2D eigenvalue weighted by atomic mass is 10.1. The topological polar surface area (TPSA) is 37.3 Å². The summed E-state index contributed by atoms with van der Waals surface area (Å²) in [5.74, 6) is 3.23. The molecule has 0 aromatic heterocycles. The summed E-state index contributed by atoms with van der Waals surface area (Å²) in [4.78, 5) is 10.2. The summed E-state index contributed by atoms with van der Waals surface area (Å²) in [6.45, 7) is 1.73. The number of carbonyl (C=O) groups is 1. The number of aliphatic carboxylic acids is 1. The largest absolute Gasteiger partial charge is 0.481 e. The van der Waals surface area contributed by atoms with Gasteiger partial charge in [0.2, 0.25) is 0 Å². The van der Waals surface area contributed by atoms with Gasteiger partial charge in [-0.2, -0.15) is 0 Å². The molecule has 0 fully saturated rings. The van der Waals surface area contributed by atoms with Crippen molar-refractivity contribution in [1.29, 1.82) is 0 Å². The van der Waals surface area contributed by atoms with Crippen LogP contribution in [0.4, 0.5) is 4.39 Å². The Balaban J connectivity index is 2.98. The van der Waals surface area contributed by atoms with Crippen LogP contribution in [0.15, 0.2) is 12.1 Å². The summed E-state index contributed by atoms with van der Waals surface area (Å²) in [7, 11) is 0. The molecule has 0 saturated heterocycles. The van der Waals surface area contributed by atoms with Crippen molar-refractivity contribution in [3.8, 4) is 11.8 Å². The summed E-state index contributed by atoms with van der Waals surface area (Å²) in [6, 6.07) is 2.66. The van der Waals surface area contributed by atoms with Crippen LogP contribution in [-0.4, -0.2) is 11.1 Å². The van der Waals surface area contributed by atoms with Crippen molar-refractivity contribution in [1.82, 2.24) is 0 Å². The Morgan fingerprint density at radius 2 is 2.27 bits per heavy atom. The lowest BCUT2D eigenvalue weighted by Gasteiger charge is -1.99. The predicted molar refractivity (Wildman–Crippen MR) is 55.3 cm³/mol. The molecule has 15 heavy (non-hydrogen) atoms. The van der Waals surface area contributed by atoms with Gasteiger partial charge in [0.25, 0.3) is 0 Å². The number of benzene rings is 1. The highest BCUT2D eigenvalue weighted by Gasteiger charge is 2.03. The zero-order chi connectivity index (χ0) is 11.4. The molecule has 0 aliphatic heterocycles. The average Bonchev–Trinajstić information content (AvgIpc) is 2.13. The quantitative estimate of drug-likeness (QED) is 0.748. The smallest absolute Gasteiger partial charge is 0.315 e. The molecule has 1 N–H and O–H groups in total. The second kappa shape index (κ2) is 4.81. The van der Waals surface area contributed by atoms with E-state index in [2.05, 4.69) is 11.8 Å². The van der Waals surface area contributed by atoms with Gasteiger partial charge in [-0.3, -0.25) is 4.79 Å². The van der Waals surface area contributed by atoms with Crippen LogP contribution in [-0.2, 0) is 4.79 Å². The Labute approximate surface area is 91.7 Å². The van der Waals surface area contributed by atoms with Gasteiger partial charge in [0.1, 0.15) is 12.2 Å². The van der Waals surface area contributed by atoms with Crippen LogP contribution in [0.2, 0.25) is 5.02 Å². The van der Waals surface area contributed by atoms with Crippen molar-refractivity contribution >= 4 is 17.6 Å². The van der Waals surface area contributed by atoms with E-state index in [9.17, 15) is 9.18 Å². The van der Waals surface area contributed by atoms with Crippen molar-refractivity contribution in [3.63, 3.8) is 0 Å². The van der Waals surface area contributed by atoms with Gasteiger partial charge < -0.3 is 5.11 Å². The van der Waals surface area contributed by atoms with E-state index >= 15 is 0 Å². The second-order valence-corrected chi connectivity index (χ2v) is 3.36. The van der Waals surface area contributed by atoms with Crippen LogP contribution >= 0.6 is 11.6 Å². The first kappa shape index (κ1) is 11.5. The zero-order valence-corrected chi connectivity index (χ0v) is 8.73. The van der Waals surface area contributed by atoms with E-state index in [1.54, 1.807) is 6.92 Å². The molecule has 0 spiro atoms. The fourth-order valence-corrected chi connectivity index (χ4v) is 1.12. The van der Waals surface area contributed by atoms with Crippen LogP contribution in [0, 0.1) is 24.6 Å². The summed E-state index contributed by atoms with van der Waals surface area (Å²) in [5.41, 5.74) is 0.871. The van der Waals surface area contributed by atoms with E-state index in [1.165, 1.54) is 12.1 Å². The molecular formula is C11H8ClFO2. The van der Waals surface area contributed by atoms with Gasteiger partial charge >= 0.3 is 5.97 Å². The van der Waals surface area contributed by atoms with Crippen molar-refractivity contribution in [2.24, 2.45) is 0 Å². The number of aryl methyl sites for hydroxylation is 1. The maximum atomic E-state index is 13.2. The lowest BCUT2D eigenvalue weighted by Crippen LogP contribution is -1.91. The second-order valence-electron chi connectivity index (χ2n) is 2.95. The highest BCUT2D eigenvalue weighted by molar-refractivity contribution is 6.31. The van der Waals surface area contributed by atoms with Crippen LogP contribution in [0.25, 0.3) is 0 Å². The highest BCUT2D eigenvalue weighted by Crippen LogP contribution is 2.19. The third-order valence-electron chi connectivity index (χ3n) is 1.71. The summed E-state index contributed by atoms with van der Waals surface area (Å²) in [5, 5.41) is 8.67. The van der Waals surface area contributed by atoms with E-state index in [1.807, 2.05) is 0 Å². The molecule has 78 valence electrons. The Bertz CT molecular complexity index is 458. The van der Waals surface area contributed by atoms with Crippen molar-refractivity contribution < 1.29 is 14.3 Å². The van der Waals surface area contributed by atoms with Gasteiger partial charge in [-0.15, -0.1) is 0 Å². The van der Waals surface area contributed by atoms with E-state index in [0.29, 0.717) is 10.6 Å². The number of hydrogen-bond acceptors (Lipinski definition) is 1. The van der Waals surface area contributed by atoms with E-state index in [4.69, 9.17) is 16.7 Å². The fourth-order valence-electron chi connectivity index (χ4n) is 0.968. The van der Waals surface area contributed by atoms with Gasteiger partial charge in [0.15, 0.2) is 0 Å². The Morgan fingerprint density at radius 3 is 2.87 bits per heavy atom. The highest BCUT2D eigenvalue weighted by atomic mass is 35.5. The number of carboxylic acids is 1. The Kier molecular flexibility index (Phi) is 3.70. The van der Waals surface area contributed by atoms with Gasteiger partial charge in [0, 0.05) is 5.02 Å². The summed E-state index contributed by atoms with van der Waals surface area (Å²) >= 11 is 5.69. The summed E-state index contributed by atoms with van der Waals surface area (Å²) < 4.78 is 13.2. The lowest BCUT2D eigenvalue weighted by molar-refractivity contribution is -0.135. The molecule has 0 bridgehead atoms. The Morgan fingerprint density at radius 1 is 1.60 bits per heavy atom. The van der Waals surface area contributed by atoms with E-state index in [0.717, 1.165) is 0 Å². The third-order valence-corrected chi connectivity index (χ3v) is 2.12. The monoisotopic (exact) mass is 226 g/mol. The van der Waals surface area contributed by atoms with Crippen molar-refractivity contribution in [2.45, 2.75) is 13.3 Å². The molecule has 0 amide bonds. The van der Waals surface area contributed by atoms with E-state index in [-0.39, 0.29) is 12.0 Å². The first-order valence-corrected chi connectivity index (χ1v) is 4.55. The third kappa shape index (κ3) is 3.26. The van der Waals surface area contributed by atoms with Crippen molar-refractivity contribution in [3.05, 3.63) is 34.1 Å². The van der Waals surface area contributed by atoms with E-state index < -0.39 is 11.8 Å². The Hall–Kier alpha value is -1.53. The number of rotatable bonds is 1.